The van der Waals surface area contributed by atoms with Gasteiger partial charge in [0.15, 0.2) is 5.69 Å². The fourth-order valence-electron chi connectivity index (χ4n) is 2.42. The third kappa shape index (κ3) is 4.23. The molecule has 0 aliphatic carbocycles. The summed E-state index contributed by atoms with van der Waals surface area (Å²) in [7, 11) is -4.74. The summed E-state index contributed by atoms with van der Waals surface area (Å²) in [6.45, 7) is 1.40. The molecule has 0 fully saturated rings. The van der Waals surface area contributed by atoms with Gasteiger partial charge in [-0.1, -0.05) is 51.6 Å². The Hall–Kier alpha value is -1.98. The van der Waals surface area contributed by atoms with Crippen LogP contribution in [0.4, 0.5) is 8.78 Å². The van der Waals surface area contributed by atoms with Crippen molar-refractivity contribution >= 4 is 62.3 Å². The molecule has 0 bridgehead atoms. The van der Waals surface area contributed by atoms with Gasteiger partial charge in [0.25, 0.3) is 15.9 Å². The summed E-state index contributed by atoms with van der Waals surface area (Å²) in [5.74, 6) is -3.81. The summed E-state index contributed by atoms with van der Waals surface area (Å²) in [6.07, 6.45) is 0. The van der Waals surface area contributed by atoms with Gasteiger partial charge in [-0.2, -0.15) is 0 Å². The first-order valence-electron chi connectivity index (χ1n) is 7.71. The zero-order valence-corrected chi connectivity index (χ0v) is 18.4. The van der Waals surface area contributed by atoms with E-state index in [2.05, 4.69) is 10.3 Å². The van der Waals surface area contributed by atoms with Gasteiger partial charge in [0.2, 0.25) is 0 Å². The molecule has 3 aromatic rings. The van der Waals surface area contributed by atoms with Gasteiger partial charge in [-0.15, -0.1) is 5.10 Å². The molecule has 1 heterocycles. The Morgan fingerprint density at radius 2 is 1.60 bits per heavy atom. The van der Waals surface area contributed by atoms with E-state index >= 15 is 0 Å². The smallest absolute Gasteiger partial charge is 0.266 e. The molecule has 0 radical (unpaired) electrons. The van der Waals surface area contributed by atoms with Crippen LogP contribution in [0.3, 0.4) is 0 Å². The average molecular weight is 516 g/mol. The fraction of sp³-hybridized carbons (Fsp3) is 0.0625. The lowest BCUT2D eigenvalue weighted by atomic mass is 10.3. The highest BCUT2D eigenvalue weighted by Gasteiger charge is 2.28. The maximum atomic E-state index is 13.9. The van der Waals surface area contributed by atoms with Crippen molar-refractivity contribution in [1.29, 1.82) is 0 Å². The zero-order valence-electron chi connectivity index (χ0n) is 14.6. The lowest BCUT2D eigenvalue weighted by Gasteiger charge is -2.10. The second-order valence-corrected chi connectivity index (χ2v) is 9.09. The summed E-state index contributed by atoms with van der Waals surface area (Å²) < 4.78 is 54.7. The molecular formula is C16H8Cl4F2N4O3S. The molecule has 2 aromatic carbocycles. The number of halogens is 6. The molecular weight excluding hydrogens is 508 g/mol. The summed E-state index contributed by atoms with van der Waals surface area (Å²) >= 11 is 23.6. The lowest BCUT2D eigenvalue weighted by Crippen LogP contribution is -2.32. The Morgan fingerprint density at radius 1 is 1.00 bits per heavy atom. The van der Waals surface area contributed by atoms with Crippen molar-refractivity contribution in [2.75, 3.05) is 0 Å². The molecule has 0 saturated heterocycles. The number of rotatable bonds is 4. The first kappa shape index (κ1) is 22.7. The zero-order chi connectivity index (χ0) is 22.4. The monoisotopic (exact) mass is 514 g/mol. The van der Waals surface area contributed by atoms with E-state index in [1.54, 1.807) is 4.72 Å². The summed E-state index contributed by atoms with van der Waals surface area (Å²) in [4.78, 5) is 11.4. The summed E-state index contributed by atoms with van der Waals surface area (Å²) in [5, 5.41) is 7.21. The van der Waals surface area contributed by atoms with Crippen molar-refractivity contribution in [3.63, 3.8) is 0 Å². The Kier molecular flexibility index (Phi) is 6.26. The van der Waals surface area contributed by atoms with Crippen molar-refractivity contribution in [1.82, 2.24) is 19.7 Å². The number of benzene rings is 2. The van der Waals surface area contributed by atoms with Crippen molar-refractivity contribution in [2.24, 2.45) is 0 Å². The molecule has 0 spiro atoms. The first-order valence-corrected chi connectivity index (χ1v) is 10.7. The van der Waals surface area contributed by atoms with Crippen LogP contribution in [0.5, 0.6) is 0 Å². The lowest BCUT2D eigenvalue weighted by molar-refractivity contribution is 0.0976. The third-order valence-corrected chi connectivity index (χ3v) is 6.22. The molecule has 30 heavy (non-hydrogen) atoms. The van der Waals surface area contributed by atoms with E-state index in [9.17, 15) is 22.0 Å². The van der Waals surface area contributed by atoms with Crippen LogP contribution in [0.25, 0.3) is 5.69 Å². The third-order valence-electron chi connectivity index (χ3n) is 3.79. The normalized spacial score (nSPS) is 11.6. The maximum Gasteiger partial charge on any atom is 0.287 e. The standard InChI is InChI=1S/C16H8Cl4F2N4O3S/c1-6-14(23-25-26(6)15-9(19)2-7(17)3-10(15)20)16(27)24-30(28,29)13-4-8(18)11(21)5-12(13)22/h2-5H,1H3,(H,24,27). The predicted octanol–water partition coefficient (Wildman–Crippen LogP) is 4.59. The van der Waals surface area contributed by atoms with Crippen molar-refractivity contribution in [2.45, 2.75) is 11.8 Å². The maximum absolute atomic E-state index is 13.9. The predicted molar refractivity (Wildman–Crippen MR) is 107 cm³/mol. The molecule has 0 unspecified atom stereocenters. The van der Waals surface area contributed by atoms with Gasteiger partial charge >= 0.3 is 0 Å². The number of carbonyl (C=O) groups is 1. The number of amides is 1. The largest absolute Gasteiger partial charge is 0.287 e. The topological polar surface area (TPSA) is 93.9 Å². The van der Waals surface area contributed by atoms with Gasteiger partial charge in [-0.05, 0) is 25.1 Å². The van der Waals surface area contributed by atoms with Crippen molar-refractivity contribution in [3.05, 3.63) is 67.4 Å². The minimum Gasteiger partial charge on any atom is -0.266 e. The van der Waals surface area contributed by atoms with Gasteiger partial charge < -0.3 is 0 Å². The molecule has 7 nitrogen and oxygen atoms in total. The Labute approximate surface area is 188 Å². The second-order valence-electron chi connectivity index (χ2n) is 5.78. The Morgan fingerprint density at radius 3 is 2.20 bits per heavy atom. The molecule has 1 amide bonds. The van der Waals surface area contributed by atoms with E-state index in [4.69, 9.17) is 46.4 Å². The van der Waals surface area contributed by atoms with E-state index in [0.29, 0.717) is 6.07 Å². The van der Waals surface area contributed by atoms with Crippen LogP contribution < -0.4 is 4.72 Å². The van der Waals surface area contributed by atoms with Crippen LogP contribution in [0.15, 0.2) is 29.2 Å². The molecule has 0 aliphatic heterocycles. The molecule has 1 aromatic heterocycles. The number of aromatic nitrogens is 3. The van der Waals surface area contributed by atoms with Crippen LogP contribution in [-0.2, 0) is 10.0 Å². The second kappa shape index (κ2) is 8.27. The van der Waals surface area contributed by atoms with Gasteiger partial charge in [-0.25, -0.2) is 26.6 Å². The summed E-state index contributed by atoms with van der Waals surface area (Å²) in [5.41, 5.74) is -0.174. The molecule has 3 rings (SSSR count). The number of carbonyl (C=O) groups excluding carboxylic acids is 1. The number of hydrogen-bond donors (Lipinski definition) is 1. The highest BCUT2D eigenvalue weighted by atomic mass is 35.5. The SMILES string of the molecule is Cc1c(C(=O)NS(=O)(=O)c2cc(Cl)c(F)cc2F)nnn1-c1c(Cl)cc(Cl)cc1Cl. The van der Waals surface area contributed by atoms with Crippen LogP contribution in [-0.4, -0.2) is 29.3 Å². The minimum absolute atomic E-state index is 0.0754. The molecule has 158 valence electrons. The van der Waals surface area contributed by atoms with Crippen LogP contribution in [0.2, 0.25) is 20.1 Å². The minimum atomic E-state index is -4.74. The Balaban J connectivity index is 1.97. The van der Waals surface area contributed by atoms with Crippen LogP contribution in [0, 0.1) is 18.6 Å². The number of hydrogen-bond acceptors (Lipinski definition) is 5. The highest BCUT2D eigenvalue weighted by molar-refractivity contribution is 7.90. The van der Waals surface area contributed by atoms with Crippen molar-refractivity contribution < 1.29 is 22.0 Å². The quantitative estimate of drug-likeness (QED) is 0.513. The van der Waals surface area contributed by atoms with E-state index in [1.807, 2.05) is 0 Å². The first-order chi connectivity index (χ1) is 13.9. The number of sulfonamides is 1. The van der Waals surface area contributed by atoms with E-state index < -0.39 is 43.2 Å². The molecule has 0 saturated carbocycles. The van der Waals surface area contributed by atoms with E-state index in [-0.39, 0.29) is 32.5 Å². The molecule has 0 atom stereocenters. The molecule has 14 heteroatoms. The fourth-order valence-corrected chi connectivity index (χ4v) is 4.67. The van der Waals surface area contributed by atoms with E-state index in [0.717, 1.165) is 4.68 Å². The number of nitrogens with zero attached hydrogens (tertiary/aromatic N) is 3. The summed E-state index contributed by atoms with van der Waals surface area (Å²) in [6, 6.07) is 3.60. The van der Waals surface area contributed by atoms with Gasteiger partial charge in [0.1, 0.15) is 22.2 Å². The van der Waals surface area contributed by atoms with Gasteiger partial charge in [0, 0.05) is 11.1 Å². The average Bonchev–Trinajstić information content (AvgIpc) is 2.98. The Bertz CT molecular complexity index is 1270. The van der Waals surface area contributed by atoms with E-state index in [1.165, 1.54) is 19.1 Å². The van der Waals surface area contributed by atoms with Gasteiger partial charge in [-0.3, -0.25) is 4.79 Å². The van der Waals surface area contributed by atoms with Crippen LogP contribution >= 0.6 is 46.4 Å². The van der Waals surface area contributed by atoms with Crippen molar-refractivity contribution in [3.8, 4) is 5.69 Å². The molecule has 1 N–H and O–H groups in total. The van der Waals surface area contributed by atoms with Crippen LogP contribution in [0.1, 0.15) is 16.2 Å². The van der Waals surface area contributed by atoms with Gasteiger partial charge in [0.05, 0.1) is 20.8 Å². The molecule has 0 aliphatic rings. The number of nitrogens with one attached hydrogen (secondary N) is 1. The highest BCUT2D eigenvalue weighted by Crippen LogP contribution is 2.32.